The van der Waals surface area contributed by atoms with E-state index in [4.69, 9.17) is 14.2 Å². The Morgan fingerprint density at radius 2 is 1.76 bits per heavy atom. The van der Waals surface area contributed by atoms with Gasteiger partial charge >= 0.3 is 0 Å². The Hall–Kier alpha value is -2.12. The van der Waals surface area contributed by atoms with E-state index in [0.717, 1.165) is 49.5 Å². The Morgan fingerprint density at radius 3 is 2.42 bits per heavy atom. The molecule has 1 heterocycles. The number of nitrogens with one attached hydrogen (secondary N) is 2. The molecule has 1 fully saturated rings. The maximum atomic E-state index is 10.4. The molecular weight excluding hydrogens is 416 g/mol. The van der Waals surface area contributed by atoms with Crippen molar-refractivity contribution in [3.05, 3.63) is 59.7 Å². The average Bonchev–Trinajstić information content (AvgIpc) is 2.81. The van der Waals surface area contributed by atoms with Crippen LogP contribution in [-0.4, -0.2) is 51.4 Å². The second-order valence-corrected chi connectivity index (χ2v) is 9.69. The van der Waals surface area contributed by atoms with Gasteiger partial charge < -0.3 is 30.0 Å². The van der Waals surface area contributed by atoms with Crippen molar-refractivity contribution in [3.8, 4) is 11.5 Å². The fourth-order valence-electron chi connectivity index (χ4n) is 5.17. The summed E-state index contributed by atoms with van der Waals surface area (Å²) >= 11 is 0. The zero-order valence-electron chi connectivity index (χ0n) is 20.5. The summed E-state index contributed by atoms with van der Waals surface area (Å²) in [6, 6.07) is 16.6. The Bertz CT molecular complexity index is 858. The number of hydrogen-bond donors (Lipinski definition) is 3. The highest BCUT2D eigenvalue weighted by molar-refractivity contribution is 5.42. The quantitative estimate of drug-likeness (QED) is 0.334. The third-order valence-electron chi connectivity index (χ3n) is 6.77. The van der Waals surface area contributed by atoms with E-state index >= 15 is 0 Å². The highest BCUT2D eigenvalue weighted by atomic mass is 16.5. The molecule has 1 aliphatic rings. The van der Waals surface area contributed by atoms with Crippen LogP contribution >= 0.6 is 0 Å². The molecule has 2 aromatic carbocycles. The molecule has 0 aromatic heterocycles. The molecule has 0 unspecified atom stereocenters. The summed E-state index contributed by atoms with van der Waals surface area (Å²) in [5.41, 5.74) is 2.25. The third-order valence-corrected chi connectivity index (χ3v) is 6.77. The van der Waals surface area contributed by atoms with Crippen LogP contribution in [0.3, 0.4) is 0 Å². The first kappa shape index (κ1) is 25.5. The smallest absolute Gasteiger partial charge is 0.161 e. The van der Waals surface area contributed by atoms with Crippen molar-refractivity contribution in [1.82, 2.24) is 10.6 Å². The normalized spacial score (nSPS) is 20.9. The molecule has 0 spiro atoms. The van der Waals surface area contributed by atoms with Gasteiger partial charge in [0.05, 0.1) is 19.8 Å². The van der Waals surface area contributed by atoms with Crippen LogP contribution in [-0.2, 0) is 17.7 Å². The fraction of sp³-hybridized carbons (Fsp3) is 0.556. The number of rotatable bonds is 12. The third kappa shape index (κ3) is 6.93. The first-order valence-electron chi connectivity index (χ1n) is 11.8. The number of aliphatic hydroxyl groups is 1. The van der Waals surface area contributed by atoms with Crippen molar-refractivity contribution < 1.29 is 19.3 Å². The zero-order valence-corrected chi connectivity index (χ0v) is 20.5. The van der Waals surface area contributed by atoms with E-state index in [2.05, 4.69) is 54.8 Å². The van der Waals surface area contributed by atoms with E-state index in [0.29, 0.717) is 13.2 Å². The molecule has 0 amide bonds. The van der Waals surface area contributed by atoms with Crippen LogP contribution in [0.1, 0.15) is 37.8 Å². The van der Waals surface area contributed by atoms with Gasteiger partial charge in [-0.3, -0.25) is 0 Å². The topological polar surface area (TPSA) is 72.0 Å². The summed E-state index contributed by atoms with van der Waals surface area (Å²) in [6.07, 6.45) is 2.84. The Kier molecular flexibility index (Phi) is 9.15. The second-order valence-electron chi connectivity index (χ2n) is 9.69. The molecule has 2 atom stereocenters. The van der Waals surface area contributed by atoms with E-state index < -0.39 is 0 Å². The minimum absolute atomic E-state index is 0.00575. The first-order chi connectivity index (χ1) is 15.9. The molecule has 1 saturated heterocycles. The molecule has 33 heavy (non-hydrogen) atoms. The zero-order chi connectivity index (χ0) is 23.7. The molecule has 0 bridgehead atoms. The van der Waals surface area contributed by atoms with E-state index in [1.165, 1.54) is 5.56 Å². The van der Waals surface area contributed by atoms with Gasteiger partial charge in [-0.25, -0.2) is 0 Å². The predicted molar refractivity (Wildman–Crippen MR) is 132 cm³/mol. The lowest BCUT2D eigenvalue weighted by Gasteiger charge is -2.49. The Balaban J connectivity index is 1.59. The van der Waals surface area contributed by atoms with E-state index in [-0.39, 0.29) is 23.5 Å². The molecule has 2 aromatic rings. The van der Waals surface area contributed by atoms with Crippen molar-refractivity contribution in [2.24, 2.45) is 11.3 Å². The predicted octanol–water partition coefficient (Wildman–Crippen LogP) is 3.77. The van der Waals surface area contributed by atoms with Gasteiger partial charge in [-0.1, -0.05) is 36.4 Å². The van der Waals surface area contributed by atoms with Gasteiger partial charge in [-0.05, 0) is 61.8 Å². The lowest BCUT2D eigenvalue weighted by molar-refractivity contribution is -0.127. The van der Waals surface area contributed by atoms with Gasteiger partial charge in [-0.2, -0.15) is 0 Å². The monoisotopic (exact) mass is 456 g/mol. The molecule has 3 rings (SSSR count). The summed E-state index contributed by atoms with van der Waals surface area (Å²) in [6.45, 7) is 7.34. The number of ether oxygens (including phenoxy) is 3. The average molecular weight is 457 g/mol. The van der Waals surface area contributed by atoms with Crippen LogP contribution in [0.5, 0.6) is 11.5 Å². The van der Waals surface area contributed by atoms with Gasteiger partial charge in [0.25, 0.3) is 0 Å². The van der Waals surface area contributed by atoms with E-state index in [1.807, 2.05) is 18.2 Å². The van der Waals surface area contributed by atoms with Crippen molar-refractivity contribution in [1.29, 1.82) is 0 Å². The number of hydrogen-bond acceptors (Lipinski definition) is 6. The maximum Gasteiger partial charge on any atom is 0.161 e. The summed E-state index contributed by atoms with van der Waals surface area (Å²) in [4.78, 5) is 0. The fourth-order valence-corrected chi connectivity index (χ4v) is 5.17. The molecule has 1 aliphatic heterocycles. The van der Waals surface area contributed by atoms with Crippen molar-refractivity contribution in [3.63, 3.8) is 0 Å². The Labute approximate surface area is 198 Å². The van der Waals surface area contributed by atoms with Gasteiger partial charge in [0.2, 0.25) is 0 Å². The molecule has 0 saturated carbocycles. The molecular formula is C27H40N2O4. The summed E-state index contributed by atoms with van der Waals surface area (Å²) in [7, 11) is 3.29. The molecule has 0 radical (unpaired) electrons. The van der Waals surface area contributed by atoms with Crippen molar-refractivity contribution in [2.75, 3.05) is 40.6 Å². The van der Waals surface area contributed by atoms with Gasteiger partial charge in [0, 0.05) is 38.9 Å². The minimum Gasteiger partial charge on any atom is -0.493 e. The summed E-state index contributed by atoms with van der Waals surface area (Å²) in [5.74, 6) is 1.60. The van der Waals surface area contributed by atoms with Gasteiger partial charge in [-0.15, -0.1) is 0 Å². The van der Waals surface area contributed by atoms with Crippen molar-refractivity contribution in [2.45, 2.75) is 45.3 Å². The summed E-state index contributed by atoms with van der Waals surface area (Å²) < 4.78 is 16.7. The highest BCUT2D eigenvalue weighted by Crippen LogP contribution is 2.46. The maximum absolute atomic E-state index is 10.4. The van der Waals surface area contributed by atoms with Crippen LogP contribution in [0.15, 0.2) is 48.5 Å². The molecule has 6 nitrogen and oxygen atoms in total. The Morgan fingerprint density at radius 1 is 1.00 bits per heavy atom. The highest BCUT2D eigenvalue weighted by Gasteiger charge is 2.45. The summed E-state index contributed by atoms with van der Waals surface area (Å²) in [5, 5.41) is 17.4. The molecule has 182 valence electrons. The first-order valence-corrected chi connectivity index (χ1v) is 11.8. The minimum atomic E-state index is -0.188. The largest absolute Gasteiger partial charge is 0.493 e. The van der Waals surface area contributed by atoms with Crippen molar-refractivity contribution >= 4 is 0 Å². The number of benzene rings is 2. The van der Waals surface area contributed by atoms with Gasteiger partial charge in [0.1, 0.15) is 0 Å². The molecule has 0 aliphatic carbocycles. The number of methoxy groups -OCH3 is 2. The SMILES string of the molecule is COc1ccc(CNCNC[C@@H](CO)[C@]2(Cc3ccccc3)CCOC(C)(C)C2)cc1OC. The lowest BCUT2D eigenvalue weighted by atomic mass is 9.63. The van der Waals surface area contributed by atoms with E-state index in [9.17, 15) is 5.11 Å². The molecule has 6 heteroatoms. The molecule has 3 N–H and O–H groups in total. The van der Waals surface area contributed by atoms with E-state index in [1.54, 1.807) is 14.2 Å². The van der Waals surface area contributed by atoms with Crippen LogP contribution < -0.4 is 20.1 Å². The standard InChI is InChI=1S/C27H40N2O4/c1-26(2)19-27(12-13-33-26,15-21-8-6-5-7-9-21)23(18-30)17-29-20-28-16-22-10-11-24(31-3)25(14-22)32-4/h5-11,14,23,28-30H,12-13,15-20H2,1-4H3/t23-,27-/m0/s1. The second kappa shape index (κ2) is 11.8. The van der Waals surface area contributed by atoms with Crippen LogP contribution in [0.4, 0.5) is 0 Å². The van der Waals surface area contributed by atoms with Gasteiger partial charge in [0.15, 0.2) is 11.5 Å². The lowest BCUT2D eigenvalue weighted by Crippen LogP contribution is -2.50. The van der Waals surface area contributed by atoms with Crippen LogP contribution in [0.25, 0.3) is 0 Å². The van der Waals surface area contributed by atoms with Crippen LogP contribution in [0.2, 0.25) is 0 Å². The number of aliphatic hydroxyl groups excluding tert-OH is 1. The van der Waals surface area contributed by atoms with Crippen LogP contribution in [0, 0.1) is 11.3 Å².